The van der Waals surface area contributed by atoms with Crippen LogP contribution in [0.15, 0.2) is 36.5 Å². The summed E-state index contributed by atoms with van der Waals surface area (Å²) in [4.78, 5) is 0. The largest absolute Gasteiger partial charge is 0.495 e. The Hall–Kier alpha value is -2.86. The van der Waals surface area contributed by atoms with Gasteiger partial charge < -0.3 is 9.30 Å². The van der Waals surface area contributed by atoms with E-state index in [1.807, 2.05) is 10.6 Å². The van der Waals surface area contributed by atoms with Crippen LogP contribution in [0.5, 0.6) is 5.75 Å². The van der Waals surface area contributed by atoms with Crippen LogP contribution in [0.2, 0.25) is 0 Å². The summed E-state index contributed by atoms with van der Waals surface area (Å²) in [5, 5.41) is 8.73. The van der Waals surface area contributed by atoms with Crippen LogP contribution in [-0.4, -0.2) is 26.4 Å². The summed E-state index contributed by atoms with van der Waals surface area (Å²) in [5.41, 5.74) is 6.97. The van der Waals surface area contributed by atoms with Gasteiger partial charge in [0, 0.05) is 23.2 Å². The van der Waals surface area contributed by atoms with Crippen LogP contribution in [0.3, 0.4) is 0 Å². The van der Waals surface area contributed by atoms with E-state index in [-0.39, 0.29) is 0 Å². The van der Waals surface area contributed by atoms with Crippen molar-refractivity contribution in [2.24, 2.45) is 0 Å². The highest BCUT2D eigenvalue weighted by atomic mass is 32.1. The number of aromatic amines is 1. The van der Waals surface area contributed by atoms with Crippen molar-refractivity contribution in [1.82, 2.24) is 19.3 Å². The number of H-pyrrole nitrogens is 1. The Kier molecular flexibility index (Phi) is 5.28. The summed E-state index contributed by atoms with van der Waals surface area (Å²) in [7, 11) is 1.71. The standard InChI is InChI=1S/C24H28N4OS/c1-7-17-13-19(16(5)12-15(17)4)23-25-26-24(30)28(23)20-8-9-21(29-6)22-18(20)10-11-27(22)14(2)3/h8-14H,7H2,1-6H3,(H,26,30). The summed E-state index contributed by atoms with van der Waals surface area (Å²) in [6.45, 7) is 10.8. The van der Waals surface area contributed by atoms with E-state index in [9.17, 15) is 0 Å². The highest BCUT2D eigenvalue weighted by Crippen LogP contribution is 2.36. The number of hydrogen-bond donors (Lipinski definition) is 1. The summed E-state index contributed by atoms with van der Waals surface area (Å²) in [6, 6.07) is 11.0. The van der Waals surface area contributed by atoms with Crippen molar-refractivity contribution in [2.45, 2.75) is 47.1 Å². The van der Waals surface area contributed by atoms with Crippen molar-refractivity contribution in [3.8, 4) is 22.8 Å². The van der Waals surface area contributed by atoms with Crippen LogP contribution in [0.1, 0.15) is 43.5 Å². The molecule has 0 atom stereocenters. The molecule has 0 saturated carbocycles. The molecule has 1 N–H and O–H groups in total. The SMILES string of the molecule is CCc1cc(-c2n[nH]c(=S)n2-c2ccc(OC)c3c2ccn3C(C)C)c(C)cc1C. The Morgan fingerprint density at radius 3 is 2.57 bits per heavy atom. The van der Waals surface area contributed by atoms with Crippen LogP contribution >= 0.6 is 12.2 Å². The van der Waals surface area contributed by atoms with Crippen molar-refractivity contribution in [3.05, 3.63) is 58.0 Å². The van der Waals surface area contributed by atoms with Crippen LogP contribution in [0, 0.1) is 18.6 Å². The third-order valence-electron chi connectivity index (χ3n) is 5.81. The van der Waals surface area contributed by atoms with Gasteiger partial charge in [-0.2, -0.15) is 5.10 Å². The third kappa shape index (κ3) is 3.16. The van der Waals surface area contributed by atoms with E-state index in [1.54, 1.807) is 7.11 Å². The molecule has 2 aromatic heterocycles. The summed E-state index contributed by atoms with van der Waals surface area (Å²) < 4.78 is 10.5. The monoisotopic (exact) mass is 420 g/mol. The lowest BCUT2D eigenvalue weighted by atomic mass is 9.98. The molecule has 0 fully saturated rings. The second-order valence-electron chi connectivity index (χ2n) is 8.00. The number of methoxy groups -OCH3 is 1. The van der Waals surface area contributed by atoms with Crippen LogP contribution < -0.4 is 4.74 Å². The van der Waals surface area contributed by atoms with E-state index in [2.05, 4.69) is 79.8 Å². The maximum Gasteiger partial charge on any atom is 0.200 e. The Morgan fingerprint density at radius 2 is 1.90 bits per heavy atom. The fraction of sp³-hybridized carbons (Fsp3) is 0.333. The van der Waals surface area contributed by atoms with Gasteiger partial charge in [0.2, 0.25) is 0 Å². The molecular formula is C24H28N4OS. The number of aryl methyl sites for hydroxylation is 3. The fourth-order valence-electron chi connectivity index (χ4n) is 4.25. The molecule has 5 nitrogen and oxygen atoms in total. The molecule has 6 heteroatoms. The van der Waals surface area contributed by atoms with E-state index in [0.29, 0.717) is 10.8 Å². The molecular weight excluding hydrogens is 392 g/mol. The van der Waals surface area contributed by atoms with E-state index in [0.717, 1.165) is 40.1 Å². The second kappa shape index (κ2) is 7.76. The summed E-state index contributed by atoms with van der Waals surface area (Å²) in [5.74, 6) is 1.68. The summed E-state index contributed by atoms with van der Waals surface area (Å²) in [6.07, 6.45) is 3.09. The zero-order valence-electron chi connectivity index (χ0n) is 18.4. The minimum Gasteiger partial charge on any atom is -0.495 e. The number of nitrogens with zero attached hydrogens (tertiary/aromatic N) is 3. The Bertz CT molecular complexity index is 1290. The first-order chi connectivity index (χ1) is 14.4. The molecule has 2 heterocycles. The van der Waals surface area contributed by atoms with Crippen LogP contribution in [0.25, 0.3) is 28.0 Å². The molecule has 30 heavy (non-hydrogen) atoms. The van der Waals surface area contributed by atoms with Crippen molar-refractivity contribution < 1.29 is 4.74 Å². The number of benzene rings is 2. The van der Waals surface area contributed by atoms with Crippen molar-refractivity contribution in [1.29, 1.82) is 0 Å². The van der Waals surface area contributed by atoms with Crippen LogP contribution in [0.4, 0.5) is 0 Å². The molecule has 0 spiro atoms. The maximum absolute atomic E-state index is 5.68. The molecule has 0 aliphatic rings. The fourth-order valence-corrected chi connectivity index (χ4v) is 4.48. The van der Waals surface area contributed by atoms with Gasteiger partial charge in [-0.05, 0) is 87.3 Å². The van der Waals surface area contributed by atoms with Gasteiger partial charge in [-0.1, -0.05) is 13.0 Å². The normalized spacial score (nSPS) is 11.6. The van der Waals surface area contributed by atoms with Crippen molar-refractivity contribution in [2.75, 3.05) is 7.11 Å². The highest BCUT2D eigenvalue weighted by Gasteiger charge is 2.19. The third-order valence-corrected chi connectivity index (χ3v) is 6.09. The van der Waals surface area contributed by atoms with Gasteiger partial charge in [-0.3, -0.25) is 9.67 Å². The van der Waals surface area contributed by atoms with E-state index in [4.69, 9.17) is 17.0 Å². The average molecular weight is 421 g/mol. The van der Waals surface area contributed by atoms with Gasteiger partial charge in [-0.15, -0.1) is 0 Å². The first-order valence-electron chi connectivity index (χ1n) is 10.3. The second-order valence-corrected chi connectivity index (χ2v) is 8.39. The minimum absolute atomic E-state index is 0.315. The molecule has 0 unspecified atom stereocenters. The first kappa shape index (κ1) is 20.4. The maximum atomic E-state index is 5.68. The lowest BCUT2D eigenvalue weighted by molar-refractivity contribution is 0.416. The Labute approximate surface area is 182 Å². The zero-order valence-corrected chi connectivity index (χ0v) is 19.2. The Balaban J connectivity index is 2.03. The highest BCUT2D eigenvalue weighted by molar-refractivity contribution is 7.71. The number of aromatic nitrogens is 4. The smallest absolute Gasteiger partial charge is 0.200 e. The predicted molar refractivity (Wildman–Crippen MR) is 125 cm³/mol. The van der Waals surface area contributed by atoms with Crippen molar-refractivity contribution >= 4 is 23.1 Å². The lowest BCUT2D eigenvalue weighted by Gasteiger charge is -2.16. The quantitative estimate of drug-likeness (QED) is 0.384. The first-order valence-corrected chi connectivity index (χ1v) is 10.7. The molecule has 0 radical (unpaired) electrons. The van der Waals surface area contributed by atoms with Crippen LogP contribution in [-0.2, 0) is 6.42 Å². The predicted octanol–water partition coefficient (Wildman–Crippen LogP) is 6.32. The van der Waals surface area contributed by atoms with Gasteiger partial charge in [0.05, 0.1) is 18.3 Å². The molecule has 0 aliphatic carbocycles. The number of nitrogens with one attached hydrogen (secondary N) is 1. The van der Waals surface area contributed by atoms with Gasteiger partial charge in [-0.25, -0.2) is 0 Å². The number of rotatable bonds is 5. The van der Waals surface area contributed by atoms with Gasteiger partial charge in [0.15, 0.2) is 10.6 Å². The molecule has 0 aliphatic heterocycles. The molecule has 156 valence electrons. The van der Waals surface area contributed by atoms with E-state index < -0.39 is 0 Å². The average Bonchev–Trinajstić information content (AvgIpc) is 3.32. The number of fused-ring (bicyclic) bond motifs is 1. The van der Waals surface area contributed by atoms with E-state index in [1.165, 1.54) is 16.7 Å². The molecule has 4 rings (SSSR count). The molecule has 0 saturated heterocycles. The van der Waals surface area contributed by atoms with Gasteiger partial charge >= 0.3 is 0 Å². The van der Waals surface area contributed by atoms with Gasteiger partial charge in [0.25, 0.3) is 0 Å². The molecule has 0 amide bonds. The Morgan fingerprint density at radius 1 is 1.13 bits per heavy atom. The lowest BCUT2D eigenvalue weighted by Crippen LogP contribution is -2.03. The zero-order chi connectivity index (χ0) is 21.6. The van der Waals surface area contributed by atoms with Crippen molar-refractivity contribution in [3.63, 3.8) is 0 Å². The number of hydrogen-bond acceptors (Lipinski definition) is 3. The minimum atomic E-state index is 0.315. The molecule has 0 bridgehead atoms. The topological polar surface area (TPSA) is 47.8 Å². The molecule has 4 aromatic rings. The van der Waals surface area contributed by atoms with Gasteiger partial charge in [0.1, 0.15) is 5.75 Å². The summed E-state index contributed by atoms with van der Waals surface area (Å²) >= 11 is 5.67. The molecule has 2 aromatic carbocycles. The van der Waals surface area contributed by atoms with E-state index >= 15 is 0 Å². The number of ether oxygens (including phenoxy) is 1.